The highest BCUT2D eigenvalue weighted by Gasteiger charge is 2.67. The van der Waals surface area contributed by atoms with Crippen LogP contribution < -0.4 is 0 Å². The number of benzene rings is 3. The summed E-state index contributed by atoms with van der Waals surface area (Å²) in [7, 11) is 0. The molecule has 0 aromatic heterocycles. The molecular weight excluding hydrogens is 504 g/mol. The van der Waals surface area contributed by atoms with E-state index in [0.29, 0.717) is 16.2 Å². The first-order valence-electron chi connectivity index (χ1n) is 16.9. The molecule has 0 nitrogen and oxygen atoms in total. The second-order valence-corrected chi connectivity index (χ2v) is 15.8. The molecule has 0 saturated heterocycles. The molecule has 0 radical (unpaired) electrons. The Kier molecular flexibility index (Phi) is 5.65. The van der Waals surface area contributed by atoms with E-state index in [1.807, 2.05) is 0 Å². The molecule has 8 saturated carbocycles. The molecule has 42 heavy (non-hydrogen) atoms. The average Bonchev–Trinajstić information content (AvgIpc) is 2.99. The highest BCUT2D eigenvalue weighted by Crippen LogP contribution is 2.77. The summed E-state index contributed by atoms with van der Waals surface area (Å²) < 4.78 is 0. The van der Waals surface area contributed by atoms with Crippen molar-refractivity contribution in [1.29, 1.82) is 0 Å². The van der Waals surface area contributed by atoms with Gasteiger partial charge in [0.25, 0.3) is 0 Å². The highest BCUT2D eigenvalue weighted by atomic mass is 14.7. The van der Waals surface area contributed by atoms with Gasteiger partial charge in [0.05, 0.1) is 0 Å². The first-order valence-corrected chi connectivity index (χ1v) is 16.9. The Labute approximate surface area is 252 Å². The van der Waals surface area contributed by atoms with Gasteiger partial charge in [0.2, 0.25) is 0 Å². The summed E-state index contributed by atoms with van der Waals surface area (Å²) in [4.78, 5) is 0. The molecule has 210 valence electrons. The molecule has 8 aliphatic rings. The van der Waals surface area contributed by atoms with Crippen LogP contribution >= 0.6 is 0 Å². The Bertz CT molecular complexity index is 1510. The van der Waals surface area contributed by atoms with Gasteiger partial charge in [-0.1, -0.05) is 60.1 Å². The normalized spacial score (nSPS) is 38.4. The molecule has 0 N–H and O–H groups in total. The molecule has 3 aromatic carbocycles. The molecule has 0 heterocycles. The van der Waals surface area contributed by atoms with Crippen LogP contribution in [0.2, 0.25) is 0 Å². The second kappa shape index (κ2) is 9.39. The van der Waals surface area contributed by atoms with Crippen LogP contribution in [-0.2, 0) is 5.41 Å². The smallest absolute Gasteiger partial charge is 0.0264 e. The maximum absolute atomic E-state index is 3.57. The van der Waals surface area contributed by atoms with E-state index in [1.165, 1.54) is 38.5 Å². The number of hydrogen-bond acceptors (Lipinski definition) is 0. The molecule has 2 atom stereocenters. The highest BCUT2D eigenvalue weighted by molar-refractivity contribution is 5.53. The predicted octanol–water partition coefficient (Wildman–Crippen LogP) is 9.54. The molecule has 2 unspecified atom stereocenters. The van der Waals surface area contributed by atoms with Gasteiger partial charge in [-0.3, -0.25) is 0 Å². The van der Waals surface area contributed by atoms with Gasteiger partial charge in [-0.05, 0) is 171 Å². The summed E-state index contributed by atoms with van der Waals surface area (Å²) in [6.45, 7) is 0. The van der Waals surface area contributed by atoms with Crippen molar-refractivity contribution in [1.82, 2.24) is 0 Å². The van der Waals surface area contributed by atoms with E-state index < -0.39 is 0 Å². The molecule has 8 aliphatic carbocycles. The lowest BCUT2D eigenvalue weighted by Crippen LogP contribution is -2.63. The SMILES string of the molecule is C(#Cc1cc(C#Cc2ccccc2)cc(C23CC4CC(C2)CC(C25CC6CC(CC(C6)C2)C5)(C4)C3)c1)c1ccccc1. The van der Waals surface area contributed by atoms with Gasteiger partial charge in [-0.25, -0.2) is 0 Å². The van der Waals surface area contributed by atoms with Gasteiger partial charge in [0.15, 0.2) is 0 Å². The lowest BCUT2D eigenvalue weighted by molar-refractivity contribution is -0.205. The Morgan fingerprint density at radius 3 is 1.36 bits per heavy atom. The zero-order valence-electron chi connectivity index (χ0n) is 24.9. The molecule has 0 heteroatoms. The molecule has 3 aromatic rings. The largest absolute Gasteiger partial charge is 0.0622 e. The fourth-order valence-corrected chi connectivity index (χ4v) is 12.4. The Hall–Kier alpha value is -3.22. The van der Waals surface area contributed by atoms with E-state index in [4.69, 9.17) is 0 Å². The van der Waals surface area contributed by atoms with Gasteiger partial charge < -0.3 is 0 Å². The lowest BCUT2D eigenvalue weighted by atomic mass is 9.32. The fourth-order valence-electron chi connectivity index (χ4n) is 12.4. The lowest BCUT2D eigenvalue weighted by Gasteiger charge is -2.72. The average molecular weight is 547 g/mol. The van der Waals surface area contributed by atoms with Crippen molar-refractivity contribution in [2.24, 2.45) is 40.4 Å². The van der Waals surface area contributed by atoms with Crippen LogP contribution in [0, 0.1) is 64.1 Å². The van der Waals surface area contributed by atoms with Gasteiger partial charge in [0.1, 0.15) is 0 Å². The Morgan fingerprint density at radius 2 is 0.857 bits per heavy atom. The van der Waals surface area contributed by atoms with Crippen molar-refractivity contribution in [3.05, 3.63) is 107 Å². The topological polar surface area (TPSA) is 0 Å². The van der Waals surface area contributed by atoms with Gasteiger partial charge in [-0.15, -0.1) is 0 Å². The minimum absolute atomic E-state index is 0.307. The van der Waals surface area contributed by atoms with Crippen molar-refractivity contribution < 1.29 is 0 Å². The Morgan fingerprint density at radius 1 is 0.429 bits per heavy atom. The van der Waals surface area contributed by atoms with E-state index in [0.717, 1.165) is 51.8 Å². The van der Waals surface area contributed by atoms with E-state index >= 15 is 0 Å². The van der Waals surface area contributed by atoms with Crippen LogP contribution in [-0.4, -0.2) is 0 Å². The molecule has 0 amide bonds. The summed E-state index contributed by atoms with van der Waals surface area (Å²) in [5.41, 5.74) is 7.51. The molecule has 0 spiro atoms. The van der Waals surface area contributed by atoms with Crippen LogP contribution in [0.4, 0.5) is 0 Å². The summed E-state index contributed by atoms with van der Waals surface area (Å²) in [5.74, 6) is 19.0. The van der Waals surface area contributed by atoms with Crippen molar-refractivity contribution >= 4 is 0 Å². The standard InChI is InChI=1S/C42H42/c1-3-7-30(8-4-1)11-13-32-15-33(14-12-31-9-5-2-6-10-31)21-39(20-32)40-22-37-19-38(23-40)28-42(27-37,29-40)41-24-34-16-35(25-41)18-36(17-34)26-41/h1-10,15,20-21,34-38H,16-19,22-29H2. The third kappa shape index (κ3) is 4.13. The van der Waals surface area contributed by atoms with E-state index in [1.54, 1.807) is 44.1 Å². The van der Waals surface area contributed by atoms with Crippen LogP contribution in [0.1, 0.15) is 105 Å². The molecule has 8 bridgehead atoms. The minimum atomic E-state index is 0.307. The van der Waals surface area contributed by atoms with Crippen LogP contribution in [0.15, 0.2) is 78.9 Å². The van der Waals surface area contributed by atoms with E-state index in [2.05, 4.69) is 103 Å². The molecule has 0 aliphatic heterocycles. The first-order chi connectivity index (χ1) is 20.6. The van der Waals surface area contributed by atoms with Gasteiger partial charge >= 0.3 is 0 Å². The number of rotatable bonds is 2. The van der Waals surface area contributed by atoms with Crippen molar-refractivity contribution in [3.8, 4) is 23.7 Å². The number of hydrogen-bond donors (Lipinski definition) is 0. The second-order valence-electron chi connectivity index (χ2n) is 15.8. The minimum Gasteiger partial charge on any atom is -0.0622 e. The molecule has 11 rings (SSSR count). The monoisotopic (exact) mass is 546 g/mol. The quantitative estimate of drug-likeness (QED) is 0.281. The maximum Gasteiger partial charge on any atom is 0.0264 e. The summed E-state index contributed by atoms with van der Waals surface area (Å²) in [6.07, 6.45) is 18.1. The Balaban J connectivity index is 1.14. The van der Waals surface area contributed by atoms with Crippen LogP contribution in [0.5, 0.6) is 0 Å². The van der Waals surface area contributed by atoms with E-state index in [9.17, 15) is 0 Å². The summed E-state index contributed by atoms with van der Waals surface area (Å²) >= 11 is 0. The van der Waals surface area contributed by atoms with Crippen molar-refractivity contribution in [2.75, 3.05) is 0 Å². The fraction of sp³-hybridized carbons (Fsp3) is 0.476. The maximum atomic E-state index is 3.57. The van der Waals surface area contributed by atoms with Crippen LogP contribution in [0.25, 0.3) is 0 Å². The molecule has 8 fully saturated rings. The van der Waals surface area contributed by atoms with Gasteiger partial charge in [-0.2, -0.15) is 0 Å². The first kappa shape index (κ1) is 25.3. The third-order valence-electron chi connectivity index (χ3n) is 13.0. The van der Waals surface area contributed by atoms with Crippen LogP contribution in [0.3, 0.4) is 0 Å². The summed E-state index contributed by atoms with van der Waals surface area (Å²) in [5, 5.41) is 0. The van der Waals surface area contributed by atoms with Crippen molar-refractivity contribution in [3.63, 3.8) is 0 Å². The van der Waals surface area contributed by atoms with Crippen molar-refractivity contribution in [2.45, 2.75) is 82.5 Å². The summed E-state index contributed by atoms with van der Waals surface area (Å²) in [6, 6.07) is 28.1. The third-order valence-corrected chi connectivity index (χ3v) is 13.0. The predicted molar refractivity (Wildman–Crippen MR) is 171 cm³/mol. The van der Waals surface area contributed by atoms with Gasteiger partial charge in [0, 0.05) is 22.3 Å². The zero-order chi connectivity index (χ0) is 27.8. The zero-order valence-corrected chi connectivity index (χ0v) is 24.9. The molecular formula is C42H42. The van der Waals surface area contributed by atoms with E-state index in [-0.39, 0.29) is 0 Å².